The highest BCUT2D eigenvalue weighted by molar-refractivity contribution is 7.99. The van der Waals surface area contributed by atoms with Gasteiger partial charge in [0.2, 0.25) is 5.91 Å². The number of benzene rings is 2. The predicted octanol–water partition coefficient (Wildman–Crippen LogP) is 4.43. The van der Waals surface area contributed by atoms with Crippen molar-refractivity contribution in [2.45, 2.75) is 23.4 Å². The average Bonchev–Trinajstić information content (AvgIpc) is 3.29. The number of rotatable bonds is 6. The number of para-hydroxylation sites is 1. The molecular formula is C21H19N5OS2. The first-order chi connectivity index (χ1) is 14.2. The fraction of sp³-hybridized carbons (Fsp3) is 0.238. The molecule has 0 saturated heterocycles. The maximum Gasteiger partial charge on any atom is 0.236 e. The SMILES string of the molecule is Cn1c(SCC(=O)Nc2nc3ccccc3s2)nnc1C1CC1c1ccccc1. The minimum Gasteiger partial charge on any atom is -0.309 e. The number of aromatic nitrogens is 4. The highest BCUT2D eigenvalue weighted by Crippen LogP contribution is 2.54. The van der Waals surface area contributed by atoms with Crippen molar-refractivity contribution < 1.29 is 4.79 Å². The van der Waals surface area contributed by atoms with E-state index in [0.29, 0.717) is 17.0 Å². The quantitative estimate of drug-likeness (QED) is 0.466. The highest BCUT2D eigenvalue weighted by atomic mass is 32.2. The first kappa shape index (κ1) is 18.3. The predicted molar refractivity (Wildman–Crippen MR) is 117 cm³/mol. The Morgan fingerprint density at radius 1 is 1.14 bits per heavy atom. The molecule has 0 radical (unpaired) electrons. The van der Waals surface area contributed by atoms with Crippen LogP contribution < -0.4 is 5.32 Å². The van der Waals surface area contributed by atoms with Crippen LogP contribution in [0.1, 0.15) is 29.6 Å². The minimum atomic E-state index is -0.0906. The third-order valence-corrected chi connectivity index (χ3v) is 7.06. The molecule has 1 amide bonds. The van der Waals surface area contributed by atoms with Crippen molar-refractivity contribution >= 4 is 44.4 Å². The normalized spacial score (nSPS) is 18.1. The zero-order valence-electron chi connectivity index (χ0n) is 15.8. The molecule has 2 unspecified atom stereocenters. The standard InChI is InChI=1S/C21H19N5OS2/c1-26-19(15-11-14(15)13-7-3-2-4-8-13)24-25-21(26)28-12-18(27)23-20-22-16-9-5-6-10-17(16)29-20/h2-10,14-15H,11-12H2,1H3,(H,22,23,27). The zero-order valence-corrected chi connectivity index (χ0v) is 17.4. The first-order valence-corrected chi connectivity index (χ1v) is 11.2. The Kier molecular flexibility index (Phi) is 4.81. The summed E-state index contributed by atoms with van der Waals surface area (Å²) in [5.41, 5.74) is 2.25. The van der Waals surface area contributed by atoms with Crippen molar-refractivity contribution in [3.63, 3.8) is 0 Å². The smallest absolute Gasteiger partial charge is 0.236 e. The van der Waals surface area contributed by atoms with E-state index in [-0.39, 0.29) is 11.7 Å². The zero-order chi connectivity index (χ0) is 19.8. The summed E-state index contributed by atoms with van der Waals surface area (Å²) < 4.78 is 3.08. The third kappa shape index (κ3) is 3.77. The molecule has 0 bridgehead atoms. The monoisotopic (exact) mass is 421 g/mol. The highest BCUT2D eigenvalue weighted by Gasteiger charge is 2.42. The fourth-order valence-corrected chi connectivity index (χ4v) is 5.13. The summed E-state index contributed by atoms with van der Waals surface area (Å²) in [6.07, 6.45) is 1.10. The van der Waals surface area contributed by atoms with E-state index in [1.165, 1.54) is 28.7 Å². The van der Waals surface area contributed by atoms with E-state index in [4.69, 9.17) is 0 Å². The largest absolute Gasteiger partial charge is 0.309 e. The molecule has 1 fully saturated rings. The lowest BCUT2D eigenvalue weighted by atomic mass is 10.1. The Morgan fingerprint density at radius 3 is 2.76 bits per heavy atom. The molecule has 1 N–H and O–H groups in total. The third-order valence-electron chi connectivity index (χ3n) is 5.09. The summed E-state index contributed by atoms with van der Waals surface area (Å²) >= 11 is 2.88. The van der Waals surface area contributed by atoms with Gasteiger partial charge in [0.25, 0.3) is 0 Å². The molecule has 5 rings (SSSR count). The van der Waals surface area contributed by atoms with Gasteiger partial charge in [-0.25, -0.2) is 4.98 Å². The molecule has 2 atom stereocenters. The van der Waals surface area contributed by atoms with Crippen molar-refractivity contribution in [2.24, 2.45) is 7.05 Å². The van der Waals surface area contributed by atoms with Gasteiger partial charge in [-0.1, -0.05) is 65.6 Å². The van der Waals surface area contributed by atoms with Crippen LogP contribution in [0.5, 0.6) is 0 Å². The maximum absolute atomic E-state index is 12.3. The molecule has 1 aliphatic rings. The van der Waals surface area contributed by atoms with Crippen LogP contribution in [0, 0.1) is 0 Å². The summed E-state index contributed by atoms with van der Waals surface area (Å²) in [5.74, 6) is 2.09. The van der Waals surface area contributed by atoms with Crippen LogP contribution in [0.4, 0.5) is 5.13 Å². The molecule has 2 aromatic heterocycles. The number of amides is 1. The Balaban J connectivity index is 1.20. The van der Waals surface area contributed by atoms with Crippen LogP contribution in [-0.2, 0) is 11.8 Å². The number of nitrogens with one attached hydrogen (secondary N) is 1. The van der Waals surface area contributed by atoms with E-state index < -0.39 is 0 Å². The average molecular weight is 422 g/mol. The second-order valence-electron chi connectivity index (χ2n) is 7.08. The lowest BCUT2D eigenvalue weighted by molar-refractivity contribution is -0.113. The molecule has 1 saturated carbocycles. The van der Waals surface area contributed by atoms with Crippen LogP contribution in [0.3, 0.4) is 0 Å². The molecule has 2 heterocycles. The van der Waals surface area contributed by atoms with Crippen molar-refractivity contribution in [1.82, 2.24) is 19.7 Å². The summed E-state index contributed by atoms with van der Waals surface area (Å²) in [5, 5.41) is 13.0. The van der Waals surface area contributed by atoms with Crippen molar-refractivity contribution in [1.29, 1.82) is 0 Å². The second kappa shape index (κ2) is 7.61. The number of carbonyl (C=O) groups is 1. The van der Waals surface area contributed by atoms with Crippen LogP contribution in [0.2, 0.25) is 0 Å². The molecule has 146 valence electrons. The Bertz CT molecular complexity index is 1140. The van der Waals surface area contributed by atoms with Crippen LogP contribution in [-0.4, -0.2) is 31.4 Å². The van der Waals surface area contributed by atoms with Crippen molar-refractivity contribution in [2.75, 3.05) is 11.1 Å². The molecule has 6 nitrogen and oxygen atoms in total. The Labute approximate surface area is 176 Å². The fourth-order valence-electron chi connectivity index (χ4n) is 3.53. The number of hydrogen-bond acceptors (Lipinski definition) is 6. The minimum absolute atomic E-state index is 0.0906. The number of thiazole rings is 1. The van der Waals surface area contributed by atoms with Crippen LogP contribution in [0.15, 0.2) is 59.8 Å². The van der Waals surface area contributed by atoms with Crippen LogP contribution in [0.25, 0.3) is 10.2 Å². The Morgan fingerprint density at radius 2 is 1.93 bits per heavy atom. The lowest BCUT2D eigenvalue weighted by Crippen LogP contribution is -2.14. The lowest BCUT2D eigenvalue weighted by Gasteiger charge is -2.04. The summed E-state index contributed by atoms with van der Waals surface area (Å²) in [4.78, 5) is 16.8. The first-order valence-electron chi connectivity index (χ1n) is 9.41. The van der Waals surface area contributed by atoms with Crippen molar-refractivity contribution in [3.8, 4) is 0 Å². The van der Waals surface area contributed by atoms with E-state index in [2.05, 4.69) is 44.8 Å². The summed E-state index contributed by atoms with van der Waals surface area (Å²) in [6.45, 7) is 0. The van der Waals surface area contributed by atoms with Gasteiger partial charge in [-0.05, 0) is 30.0 Å². The van der Waals surface area contributed by atoms with Gasteiger partial charge in [-0.2, -0.15) is 0 Å². The molecule has 4 aromatic rings. The van der Waals surface area contributed by atoms with Gasteiger partial charge >= 0.3 is 0 Å². The van der Waals surface area contributed by atoms with E-state index in [1.807, 2.05) is 41.9 Å². The van der Waals surface area contributed by atoms with Gasteiger partial charge in [0.15, 0.2) is 10.3 Å². The van der Waals surface area contributed by atoms with Gasteiger partial charge in [0.1, 0.15) is 5.82 Å². The molecule has 2 aromatic carbocycles. The van der Waals surface area contributed by atoms with E-state index >= 15 is 0 Å². The molecule has 8 heteroatoms. The topological polar surface area (TPSA) is 72.7 Å². The van der Waals surface area contributed by atoms with E-state index in [0.717, 1.165) is 27.6 Å². The van der Waals surface area contributed by atoms with Gasteiger partial charge in [-0.3, -0.25) is 4.79 Å². The Hall–Kier alpha value is -2.71. The molecule has 0 spiro atoms. The summed E-state index contributed by atoms with van der Waals surface area (Å²) in [7, 11) is 1.98. The van der Waals surface area contributed by atoms with Gasteiger partial charge in [0, 0.05) is 13.0 Å². The second-order valence-corrected chi connectivity index (χ2v) is 9.06. The number of fused-ring (bicyclic) bond motifs is 1. The maximum atomic E-state index is 12.3. The van der Waals surface area contributed by atoms with Crippen LogP contribution >= 0.6 is 23.1 Å². The number of nitrogens with zero attached hydrogens (tertiary/aromatic N) is 4. The molecule has 1 aliphatic carbocycles. The summed E-state index contributed by atoms with van der Waals surface area (Å²) in [6, 6.07) is 18.4. The number of thioether (sulfide) groups is 1. The van der Waals surface area contributed by atoms with Gasteiger partial charge < -0.3 is 9.88 Å². The number of anilines is 1. The number of hydrogen-bond donors (Lipinski definition) is 1. The molecule has 29 heavy (non-hydrogen) atoms. The van der Waals surface area contributed by atoms with Gasteiger partial charge in [-0.15, -0.1) is 10.2 Å². The molecule has 0 aliphatic heterocycles. The van der Waals surface area contributed by atoms with E-state index in [1.54, 1.807) is 0 Å². The van der Waals surface area contributed by atoms with E-state index in [9.17, 15) is 4.79 Å². The molecular weight excluding hydrogens is 402 g/mol. The van der Waals surface area contributed by atoms with Gasteiger partial charge in [0.05, 0.1) is 16.0 Å². The van der Waals surface area contributed by atoms with Crippen molar-refractivity contribution in [3.05, 3.63) is 66.0 Å². The number of carbonyl (C=O) groups excluding carboxylic acids is 1.